The predicted molar refractivity (Wildman–Crippen MR) is 55.0 cm³/mol. The van der Waals surface area contributed by atoms with Gasteiger partial charge in [0, 0.05) is 0 Å². The maximum Gasteiger partial charge on any atom is 0.392 e. The van der Waals surface area contributed by atoms with Crippen LogP contribution in [-0.2, 0) is 0 Å². The van der Waals surface area contributed by atoms with Crippen LogP contribution in [0.1, 0.15) is 33.8 Å². The van der Waals surface area contributed by atoms with Crippen molar-refractivity contribution in [3.05, 3.63) is 34.9 Å². The molecule has 2 rings (SSSR count). The van der Waals surface area contributed by atoms with E-state index >= 15 is 0 Å². The molecule has 0 aromatic heterocycles. The highest BCUT2D eigenvalue weighted by molar-refractivity contribution is 5.89. The van der Waals surface area contributed by atoms with Crippen molar-refractivity contribution in [3.63, 3.8) is 0 Å². The number of alkyl halides is 3. The molecule has 0 unspecified atom stereocenters. The molecule has 0 saturated heterocycles. The molecule has 1 aromatic carbocycles. The number of rotatable bonds is 2. The lowest BCUT2D eigenvalue weighted by molar-refractivity contribution is -0.148. The Morgan fingerprint density at radius 2 is 2.06 bits per heavy atom. The minimum absolute atomic E-state index is 0.107. The van der Waals surface area contributed by atoms with E-state index in [4.69, 9.17) is 5.11 Å². The fraction of sp³-hybridized carbons (Fsp3) is 0.417. The standard InChI is InChI=1S/C12H11F3O2/c1-6-4-7(2-3-8(6)11(16)17)9-5-10(9)12(13,14)15/h2-4,9-10H,5H2,1H3,(H,16,17)/t9-,10+/m0/s1. The third-order valence-electron chi connectivity index (χ3n) is 3.12. The van der Waals surface area contributed by atoms with Gasteiger partial charge in [0.1, 0.15) is 0 Å². The molecule has 2 nitrogen and oxygen atoms in total. The van der Waals surface area contributed by atoms with Crippen molar-refractivity contribution in [2.45, 2.75) is 25.4 Å². The fourth-order valence-electron chi connectivity index (χ4n) is 2.08. The summed E-state index contributed by atoms with van der Waals surface area (Å²) >= 11 is 0. The Labute approximate surface area is 96.1 Å². The van der Waals surface area contributed by atoms with E-state index in [1.54, 1.807) is 13.0 Å². The summed E-state index contributed by atoms with van der Waals surface area (Å²) in [5.41, 5.74) is 1.22. The van der Waals surface area contributed by atoms with E-state index in [1.807, 2.05) is 0 Å². The first-order valence-electron chi connectivity index (χ1n) is 5.21. The van der Waals surface area contributed by atoms with Gasteiger partial charge >= 0.3 is 12.1 Å². The van der Waals surface area contributed by atoms with Crippen molar-refractivity contribution < 1.29 is 23.1 Å². The molecule has 0 heterocycles. The van der Waals surface area contributed by atoms with Crippen molar-refractivity contribution in [1.82, 2.24) is 0 Å². The molecule has 17 heavy (non-hydrogen) atoms. The number of hydrogen-bond acceptors (Lipinski definition) is 1. The van der Waals surface area contributed by atoms with Crippen LogP contribution in [0.4, 0.5) is 13.2 Å². The normalized spacial score (nSPS) is 23.5. The van der Waals surface area contributed by atoms with Gasteiger partial charge in [-0.15, -0.1) is 0 Å². The first-order valence-corrected chi connectivity index (χ1v) is 5.21. The summed E-state index contributed by atoms with van der Waals surface area (Å²) in [7, 11) is 0. The summed E-state index contributed by atoms with van der Waals surface area (Å²) < 4.78 is 37.2. The molecule has 1 fully saturated rings. The predicted octanol–water partition coefficient (Wildman–Crippen LogP) is 3.36. The van der Waals surface area contributed by atoms with Crippen LogP contribution in [0.25, 0.3) is 0 Å². The Balaban J connectivity index is 2.21. The summed E-state index contributed by atoms with van der Waals surface area (Å²) in [5.74, 6) is -2.83. The average molecular weight is 244 g/mol. The van der Waals surface area contributed by atoms with Gasteiger partial charge in [0.15, 0.2) is 0 Å². The van der Waals surface area contributed by atoms with E-state index in [-0.39, 0.29) is 12.0 Å². The summed E-state index contributed by atoms with van der Waals surface area (Å²) in [6, 6.07) is 4.39. The molecule has 0 aliphatic heterocycles. The lowest BCUT2D eigenvalue weighted by Crippen LogP contribution is -2.11. The van der Waals surface area contributed by atoms with Crippen molar-refractivity contribution in [3.8, 4) is 0 Å². The molecule has 0 bridgehead atoms. The maximum absolute atomic E-state index is 12.4. The van der Waals surface area contributed by atoms with Crippen LogP contribution in [-0.4, -0.2) is 17.3 Å². The number of benzene rings is 1. The van der Waals surface area contributed by atoms with Gasteiger partial charge in [0.25, 0.3) is 0 Å². The van der Waals surface area contributed by atoms with E-state index in [0.29, 0.717) is 11.1 Å². The molecule has 2 atom stereocenters. The van der Waals surface area contributed by atoms with E-state index in [0.717, 1.165) is 0 Å². The van der Waals surface area contributed by atoms with E-state index < -0.39 is 24.0 Å². The molecular formula is C12H11F3O2. The minimum Gasteiger partial charge on any atom is -0.478 e. The summed E-state index contributed by atoms with van der Waals surface area (Å²) in [6.07, 6.45) is -4.04. The number of carbonyl (C=O) groups is 1. The van der Waals surface area contributed by atoms with Crippen LogP contribution in [0.3, 0.4) is 0 Å². The Morgan fingerprint density at radius 3 is 2.47 bits per heavy atom. The summed E-state index contributed by atoms with van der Waals surface area (Å²) in [6.45, 7) is 1.60. The van der Waals surface area contributed by atoms with E-state index in [9.17, 15) is 18.0 Å². The van der Waals surface area contributed by atoms with Crippen molar-refractivity contribution in [2.24, 2.45) is 5.92 Å². The minimum atomic E-state index is -4.15. The van der Waals surface area contributed by atoms with Gasteiger partial charge in [-0.05, 0) is 36.5 Å². The van der Waals surface area contributed by atoms with Crippen molar-refractivity contribution in [2.75, 3.05) is 0 Å². The third-order valence-corrected chi connectivity index (χ3v) is 3.12. The van der Waals surface area contributed by atoms with Crippen LogP contribution in [0.2, 0.25) is 0 Å². The summed E-state index contributed by atoms with van der Waals surface area (Å²) in [5, 5.41) is 8.81. The number of aryl methyl sites for hydroxylation is 1. The zero-order valence-corrected chi connectivity index (χ0v) is 9.08. The molecule has 1 saturated carbocycles. The van der Waals surface area contributed by atoms with Crippen LogP contribution in [0, 0.1) is 12.8 Å². The van der Waals surface area contributed by atoms with Gasteiger partial charge in [-0.25, -0.2) is 4.79 Å². The molecule has 5 heteroatoms. The Hall–Kier alpha value is -1.52. The van der Waals surface area contributed by atoms with Crippen molar-refractivity contribution in [1.29, 1.82) is 0 Å². The highest BCUT2D eigenvalue weighted by atomic mass is 19.4. The molecule has 0 radical (unpaired) electrons. The highest BCUT2D eigenvalue weighted by Crippen LogP contribution is 2.56. The highest BCUT2D eigenvalue weighted by Gasteiger charge is 2.56. The summed E-state index contributed by atoms with van der Waals surface area (Å²) in [4.78, 5) is 10.8. The van der Waals surface area contributed by atoms with E-state index in [1.165, 1.54) is 12.1 Å². The Bertz CT molecular complexity index is 465. The van der Waals surface area contributed by atoms with Crippen LogP contribution in [0.15, 0.2) is 18.2 Å². The Kier molecular flexibility index (Phi) is 2.64. The maximum atomic E-state index is 12.4. The van der Waals surface area contributed by atoms with Gasteiger partial charge in [-0.3, -0.25) is 0 Å². The van der Waals surface area contributed by atoms with Gasteiger partial charge in [-0.2, -0.15) is 13.2 Å². The smallest absolute Gasteiger partial charge is 0.392 e. The number of carboxylic acid groups (broad SMARTS) is 1. The number of hydrogen-bond donors (Lipinski definition) is 1. The van der Waals surface area contributed by atoms with Crippen LogP contribution >= 0.6 is 0 Å². The number of halogens is 3. The molecule has 1 aliphatic rings. The van der Waals surface area contributed by atoms with Crippen molar-refractivity contribution >= 4 is 5.97 Å². The molecule has 1 aromatic rings. The van der Waals surface area contributed by atoms with Gasteiger partial charge in [0.2, 0.25) is 0 Å². The number of carboxylic acids is 1. The molecule has 0 amide bonds. The van der Waals surface area contributed by atoms with Gasteiger partial charge in [-0.1, -0.05) is 12.1 Å². The molecule has 1 aliphatic carbocycles. The zero-order valence-electron chi connectivity index (χ0n) is 9.08. The van der Waals surface area contributed by atoms with Crippen LogP contribution < -0.4 is 0 Å². The van der Waals surface area contributed by atoms with Gasteiger partial charge < -0.3 is 5.11 Å². The number of aromatic carboxylic acids is 1. The second-order valence-electron chi connectivity index (χ2n) is 4.37. The van der Waals surface area contributed by atoms with E-state index in [2.05, 4.69) is 0 Å². The topological polar surface area (TPSA) is 37.3 Å². The second-order valence-corrected chi connectivity index (χ2v) is 4.37. The Morgan fingerprint density at radius 1 is 1.41 bits per heavy atom. The largest absolute Gasteiger partial charge is 0.478 e. The molecule has 1 N–H and O–H groups in total. The lowest BCUT2D eigenvalue weighted by Gasteiger charge is -2.07. The fourth-order valence-corrected chi connectivity index (χ4v) is 2.08. The lowest BCUT2D eigenvalue weighted by atomic mass is 10.0. The molecule has 0 spiro atoms. The van der Waals surface area contributed by atoms with Crippen LogP contribution in [0.5, 0.6) is 0 Å². The zero-order chi connectivity index (χ0) is 12.8. The molecular weight excluding hydrogens is 233 g/mol. The average Bonchev–Trinajstić information content (AvgIpc) is 2.95. The first kappa shape index (κ1) is 12.0. The second kappa shape index (κ2) is 3.75. The SMILES string of the molecule is Cc1cc([C@@H]2C[C@H]2C(F)(F)F)ccc1C(=O)O. The quantitative estimate of drug-likeness (QED) is 0.866. The molecule has 92 valence electrons. The first-order chi connectivity index (χ1) is 7.80. The van der Waals surface area contributed by atoms with Gasteiger partial charge in [0.05, 0.1) is 11.5 Å². The third kappa shape index (κ3) is 2.28. The monoisotopic (exact) mass is 244 g/mol.